The number of carbonyl (C=O) groups is 2. The fraction of sp³-hybridized carbons (Fsp3) is 0.385. The Balaban J connectivity index is 2.78. The van der Waals surface area contributed by atoms with Crippen LogP contribution in [0, 0.1) is 5.82 Å². The van der Waals surface area contributed by atoms with Crippen LogP contribution in [0.3, 0.4) is 0 Å². The number of halogens is 4. The van der Waals surface area contributed by atoms with E-state index in [2.05, 4.69) is 0 Å². The molecule has 0 spiro atoms. The molecule has 0 atom stereocenters. The molecule has 0 aromatic heterocycles. The van der Waals surface area contributed by atoms with Gasteiger partial charge in [-0.3, -0.25) is 9.59 Å². The normalized spacial score (nSPS) is 11.2. The predicted molar refractivity (Wildman–Crippen MR) is 64.7 cm³/mol. The molecule has 1 aromatic rings. The van der Waals surface area contributed by atoms with Gasteiger partial charge in [0.1, 0.15) is 5.82 Å². The van der Waals surface area contributed by atoms with Crippen molar-refractivity contribution in [2.75, 3.05) is 6.54 Å². The van der Waals surface area contributed by atoms with Crippen molar-refractivity contribution in [1.29, 1.82) is 0 Å². The summed E-state index contributed by atoms with van der Waals surface area (Å²) < 4.78 is 50.2. The minimum Gasteiger partial charge on any atom is -0.481 e. The van der Waals surface area contributed by atoms with E-state index < -0.39 is 23.9 Å². The minimum atomic E-state index is -5.04. The second kappa shape index (κ2) is 7.05. The summed E-state index contributed by atoms with van der Waals surface area (Å²) in [6.07, 6.45) is -5.48. The molecular formula is C13H13F4NO3. The Morgan fingerprint density at radius 3 is 2.19 bits per heavy atom. The molecule has 0 heterocycles. The zero-order chi connectivity index (χ0) is 16.0. The van der Waals surface area contributed by atoms with Crippen molar-refractivity contribution in [3.8, 4) is 0 Å². The van der Waals surface area contributed by atoms with Crippen LogP contribution in [0.15, 0.2) is 24.3 Å². The molecule has 0 saturated heterocycles. The molecular weight excluding hydrogens is 294 g/mol. The van der Waals surface area contributed by atoms with Crippen LogP contribution < -0.4 is 0 Å². The lowest BCUT2D eigenvalue weighted by Gasteiger charge is -2.23. The Morgan fingerprint density at radius 1 is 1.14 bits per heavy atom. The van der Waals surface area contributed by atoms with Crippen LogP contribution in [0.25, 0.3) is 0 Å². The number of benzene rings is 1. The molecule has 1 amide bonds. The lowest BCUT2D eigenvalue weighted by Crippen LogP contribution is -2.41. The van der Waals surface area contributed by atoms with Crippen molar-refractivity contribution >= 4 is 11.9 Å². The number of amides is 1. The summed E-state index contributed by atoms with van der Waals surface area (Å²) >= 11 is 0. The van der Waals surface area contributed by atoms with Crippen molar-refractivity contribution < 1.29 is 32.3 Å². The summed E-state index contributed by atoms with van der Waals surface area (Å²) in [7, 11) is 0. The van der Waals surface area contributed by atoms with Crippen molar-refractivity contribution in [1.82, 2.24) is 4.90 Å². The van der Waals surface area contributed by atoms with E-state index in [9.17, 15) is 27.2 Å². The largest absolute Gasteiger partial charge is 0.481 e. The van der Waals surface area contributed by atoms with Gasteiger partial charge in [0, 0.05) is 19.5 Å². The Kier molecular flexibility index (Phi) is 5.69. The second-order valence-corrected chi connectivity index (χ2v) is 4.35. The predicted octanol–water partition coefficient (Wildman–Crippen LogP) is 2.58. The lowest BCUT2D eigenvalue weighted by molar-refractivity contribution is -0.186. The van der Waals surface area contributed by atoms with E-state index in [4.69, 9.17) is 5.11 Å². The molecule has 1 rings (SSSR count). The molecule has 1 aromatic carbocycles. The van der Waals surface area contributed by atoms with E-state index in [1.807, 2.05) is 0 Å². The quantitative estimate of drug-likeness (QED) is 0.822. The Hall–Kier alpha value is -2.12. The van der Waals surface area contributed by atoms with Crippen LogP contribution in [-0.2, 0) is 16.1 Å². The van der Waals surface area contributed by atoms with Crippen molar-refractivity contribution in [2.24, 2.45) is 0 Å². The number of alkyl halides is 3. The van der Waals surface area contributed by atoms with Gasteiger partial charge < -0.3 is 10.0 Å². The fourth-order valence-corrected chi connectivity index (χ4v) is 1.66. The molecule has 0 bridgehead atoms. The summed E-state index contributed by atoms with van der Waals surface area (Å²) in [4.78, 5) is 22.2. The third-order valence-electron chi connectivity index (χ3n) is 2.64. The third-order valence-corrected chi connectivity index (χ3v) is 2.64. The summed E-state index contributed by atoms with van der Waals surface area (Å²) in [5.41, 5.74) is 0.323. The first kappa shape index (κ1) is 16.9. The molecule has 8 heteroatoms. The van der Waals surface area contributed by atoms with E-state index in [-0.39, 0.29) is 25.9 Å². The highest BCUT2D eigenvalue weighted by atomic mass is 19.4. The molecule has 116 valence electrons. The van der Waals surface area contributed by atoms with Crippen molar-refractivity contribution in [3.05, 3.63) is 35.6 Å². The van der Waals surface area contributed by atoms with Gasteiger partial charge in [0.15, 0.2) is 0 Å². The molecule has 0 saturated carbocycles. The maximum atomic E-state index is 12.7. The standard InChI is InChI=1S/C13H13F4NO3/c14-10-5-3-9(4-6-10)8-18(7-1-2-11(19)20)12(21)13(15,16)17/h3-6H,1-2,7-8H2,(H,19,20). The van der Waals surface area contributed by atoms with Gasteiger partial charge in [-0.25, -0.2) is 4.39 Å². The molecule has 21 heavy (non-hydrogen) atoms. The number of aliphatic carboxylic acids is 1. The SMILES string of the molecule is O=C(O)CCCN(Cc1ccc(F)cc1)C(=O)C(F)(F)F. The zero-order valence-electron chi connectivity index (χ0n) is 10.9. The van der Waals surface area contributed by atoms with Gasteiger partial charge in [0.2, 0.25) is 0 Å². The number of carbonyl (C=O) groups excluding carboxylic acids is 1. The zero-order valence-corrected chi connectivity index (χ0v) is 10.9. The number of rotatable bonds is 6. The first-order valence-electron chi connectivity index (χ1n) is 6.02. The Bertz CT molecular complexity index is 499. The third kappa shape index (κ3) is 5.80. The smallest absolute Gasteiger partial charge is 0.471 e. The number of carboxylic acids is 1. The monoisotopic (exact) mass is 307 g/mol. The molecule has 1 N–H and O–H groups in total. The van der Waals surface area contributed by atoms with Gasteiger partial charge in [-0.05, 0) is 24.1 Å². The number of hydrogen-bond acceptors (Lipinski definition) is 2. The summed E-state index contributed by atoms with van der Waals surface area (Å²) in [5.74, 6) is -3.74. The molecule has 0 unspecified atom stereocenters. The van der Waals surface area contributed by atoms with Crippen LogP contribution in [0.1, 0.15) is 18.4 Å². The Labute approximate surface area is 118 Å². The molecule has 0 aliphatic heterocycles. The maximum absolute atomic E-state index is 12.7. The van der Waals surface area contributed by atoms with Gasteiger partial charge in [-0.2, -0.15) is 13.2 Å². The molecule has 0 aliphatic carbocycles. The van der Waals surface area contributed by atoms with Crippen LogP contribution in [0.2, 0.25) is 0 Å². The van der Waals surface area contributed by atoms with Gasteiger partial charge in [-0.1, -0.05) is 12.1 Å². The van der Waals surface area contributed by atoms with Gasteiger partial charge in [0.05, 0.1) is 0 Å². The van der Waals surface area contributed by atoms with E-state index in [0.717, 1.165) is 12.1 Å². The van der Waals surface area contributed by atoms with E-state index in [1.165, 1.54) is 12.1 Å². The number of hydrogen-bond donors (Lipinski definition) is 1. The van der Waals surface area contributed by atoms with Gasteiger partial charge in [0.25, 0.3) is 0 Å². The molecule has 0 fully saturated rings. The first-order valence-corrected chi connectivity index (χ1v) is 6.02. The molecule has 4 nitrogen and oxygen atoms in total. The van der Waals surface area contributed by atoms with E-state index in [0.29, 0.717) is 10.5 Å². The van der Waals surface area contributed by atoms with Crippen LogP contribution in [0.5, 0.6) is 0 Å². The maximum Gasteiger partial charge on any atom is 0.471 e. The molecule has 0 aliphatic rings. The topological polar surface area (TPSA) is 57.6 Å². The van der Waals surface area contributed by atoms with E-state index >= 15 is 0 Å². The van der Waals surface area contributed by atoms with Crippen molar-refractivity contribution in [2.45, 2.75) is 25.6 Å². The summed E-state index contributed by atoms with van der Waals surface area (Å²) in [6.45, 7) is -0.708. The van der Waals surface area contributed by atoms with Crippen LogP contribution >= 0.6 is 0 Å². The average Bonchev–Trinajstić information content (AvgIpc) is 2.37. The first-order chi connectivity index (χ1) is 9.70. The number of nitrogens with zero attached hydrogens (tertiary/aromatic N) is 1. The van der Waals surface area contributed by atoms with Gasteiger partial charge in [-0.15, -0.1) is 0 Å². The summed E-state index contributed by atoms with van der Waals surface area (Å²) in [5, 5.41) is 8.48. The van der Waals surface area contributed by atoms with Gasteiger partial charge >= 0.3 is 18.1 Å². The highest BCUT2D eigenvalue weighted by Gasteiger charge is 2.42. The van der Waals surface area contributed by atoms with Crippen molar-refractivity contribution in [3.63, 3.8) is 0 Å². The van der Waals surface area contributed by atoms with Crippen LogP contribution in [0.4, 0.5) is 17.6 Å². The fourth-order valence-electron chi connectivity index (χ4n) is 1.66. The molecule has 0 radical (unpaired) electrons. The summed E-state index contributed by atoms with van der Waals surface area (Å²) in [6, 6.07) is 4.68. The van der Waals surface area contributed by atoms with E-state index in [1.54, 1.807) is 0 Å². The Morgan fingerprint density at radius 2 is 1.71 bits per heavy atom. The highest BCUT2D eigenvalue weighted by molar-refractivity contribution is 5.81. The minimum absolute atomic E-state index is 0.0989. The van der Waals surface area contributed by atoms with Crippen LogP contribution in [-0.4, -0.2) is 34.6 Å². The lowest BCUT2D eigenvalue weighted by atomic mass is 10.2. The highest BCUT2D eigenvalue weighted by Crippen LogP contribution is 2.20. The average molecular weight is 307 g/mol. The number of carboxylic acid groups (broad SMARTS) is 1. The second-order valence-electron chi connectivity index (χ2n) is 4.35.